The summed E-state index contributed by atoms with van der Waals surface area (Å²) < 4.78 is 0. The molecule has 0 spiro atoms. The smallest absolute Gasteiger partial charge is 0.244 e. The molecular weight excluding hydrogens is 330 g/mol. The number of aliphatic hydroxyl groups excluding tert-OH is 1. The van der Waals surface area contributed by atoms with Crippen molar-refractivity contribution in [1.82, 2.24) is 5.48 Å². The monoisotopic (exact) mass is 361 g/mol. The summed E-state index contributed by atoms with van der Waals surface area (Å²) in [6.45, 7) is 4.57. The van der Waals surface area contributed by atoms with E-state index in [0.29, 0.717) is 24.2 Å². The Bertz CT molecular complexity index is 658. The molecule has 0 saturated heterocycles. The van der Waals surface area contributed by atoms with Crippen molar-refractivity contribution in [2.45, 2.75) is 71.3 Å². The molecule has 0 aromatic carbocycles. The van der Waals surface area contributed by atoms with Gasteiger partial charge in [0.25, 0.3) is 0 Å². The van der Waals surface area contributed by atoms with Crippen LogP contribution in [0.5, 0.6) is 0 Å². The van der Waals surface area contributed by atoms with Crippen LogP contribution in [0.3, 0.4) is 0 Å². The average Bonchev–Trinajstić information content (AvgIpc) is 2.91. The normalized spacial score (nSPS) is 47.5. The second-order valence-corrected chi connectivity index (χ2v) is 9.68. The Kier molecular flexibility index (Phi) is 4.31. The van der Waals surface area contributed by atoms with Crippen LogP contribution in [0.4, 0.5) is 0 Å². The van der Waals surface area contributed by atoms with Crippen LogP contribution in [0.2, 0.25) is 0 Å². The molecule has 1 unspecified atom stereocenters. The molecule has 7 atom stereocenters. The Morgan fingerprint density at radius 1 is 1.23 bits per heavy atom. The number of rotatable bonds is 2. The van der Waals surface area contributed by atoms with Gasteiger partial charge in [-0.25, -0.2) is 5.48 Å². The number of carbonyl (C=O) groups excluding carboxylic acids is 2. The summed E-state index contributed by atoms with van der Waals surface area (Å²) in [4.78, 5) is 24.1. The van der Waals surface area contributed by atoms with Crippen molar-refractivity contribution >= 4 is 11.7 Å². The van der Waals surface area contributed by atoms with E-state index >= 15 is 0 Å². The van der Waals surface area contributed by atoms with Crippen molar-refractivity contribution in [3.63, 3.8) is 0 Å². The van der Waals surface area contributed by atoms with Gasteiger partial charge in [0.15, 0.2) is 5.78 Å². The van der Waals surface area contributed by atoms with E-state index in [0.717, 1.165) is 38.5 Å². The molecule has 1 amide bonds. The topological polar surface area (TPSA) is 86.6 Å². The number of hydroxylamine groups is 1. The van der Waals surface area contributed by atoms with Gasteiger partial charge in [-0.1, -0.05) is 19.4 Å². The number of carbonyl (C=O) groups is 2. The molecule has 3 fully saturated rings. The SMILES string of the molecule is C[C@]12CC[C@H]3[C@@H](CCC4=CC(=O)C(CC(=O)NO)C[C@@]43C)[C@@H]1CC[C@@H]2O. The summed E-state index contributed by atoms with van der Waals surface area (Å²) in [5.41, 5.74) is 2.96. The lowest BCUT2D eigenvalue weighted by molar-refractivity contribution is -0.135. The fourth-order valence-electron chi connectivity index (χ4n) is 7.16. The van der Waals surface area contributed by atoms with Crippen LogP contribution in [0, 0.1) is 34.5 Å². The average molecular weight is 361 g/mol. The maximum atomic E-state index is 12.5. The van der Waals surface area contributed by atoms with Gasteiger partial charge in [-0.15, -0.1) is 0 Å². The predicted octanol–water partition coefficient (Wildman–Crippen LogP) is 3.00. The molecule has 26 heavy (non-hydrogen) atoms. The number of allylic oxidation sites excluding steroid dienone is 1. The highest BCUT2D eigenvalue weighted by Gasteiger charge is 2.59. The summed E-state index contributed by atoms with van der Waals surface area (Å²) in [6, 6.07) is 0. The highest BCUT2D eigenvalue weighted by Crippen LogP contribution is 2.65. The van der Waals surface area contributed by atoms with Gasteiger partial charge < -0.3 is 5.11 Å². The molecule has 0 radical (unpaired) electrons. The molecule has 5 heteroatoms. The van der Waals surface area contributed by atoms with Gasteiger partial charge in [0.05, 0.1) is 6.10 Å². The Balaban J connectivity index is 1.63. The lowest BCUT2D eigenvalue weighted by atomic mass is 9.46. The molecule has 0 aromatic rings. The van der Waals surface area contributed by atoms with E-state index in [1.54, 1.807) is 5.48 Å². The van der Waals surface area contributed by atoms with Crippen molar-refractivity contribution in [2.24, 2.45) is 34.5 Å². The first-order chi connectivity index (χ1) is 12.3. The molecule has 0 aliphatic heterocycles. The summed E-state index contributed by atoms with van der Waals surface area (Å²) >= 11 is 0. The molecular formula is C21H31NO4. The number of aliphatic hydroxyl groups is 1. The quantitative estimate of drug-likeness (QED) is 0.521. The fraction of sp³-hybridized carbons (Fsp3) is 0.810. The minimum Gasteiger partial charge on any atom is -0.393 e. The van der Waals surface area contributed by atoms with Gasteiger partial charge in [0.2, 0.25) is 5.91 Å². The second kappa shape index (κ2) is 6.16. The molecule has 5 nitrogen and oxygen atoms in total. The largest absolute Gasteiger partial charge is 0.393 e. The minimum absolute atomic E-state index is 0.0356. The number of hydrogen-bond donors (Lipinski definition) is 3. The van der Waals surface area contributed by atoms with Gasteiger partial charge in [0.1, 0.15) is 0 Å². The van der Waals surface area contributed by atoms with Crippen LogP contribution in [-0.4, -0.2) is 28.1 Å². The Hall–Kier alpha value is -1.20. The van der Waals surface area contributed by atoms with Gasteiger partial charge in [-0.2, -0.15) is 0 Å². The molecule has 0 bridgehead atoms. The zero-order valence-electron chi connectivity index (χ0n) is 15.8. The Morgan fingerprint density at radius 2 is 2.00 bits per heavy atom. The molecule has 0 heterocycles. The van der Waals surface area contributed by atoms with Crippen molar-refractivity contribution < 1.29 is 19.9 Å². The standard InChI is InChI=1S/C21H31NO4/c1-20-8-7-16-14(15(20)5-6-18(20)24)4-3-13-10-17(23)12(9-19(25)22-26)11-21(13,16)2/h10,12,14-16,18,24,26H,3-9,11H2,1-2H3,(H,22,25)/t12?,14-,15-,16-,18-,20-,21-/m0/s1. The highest BCUT2D eigenvalue weighted by molar-refractivity contribution is 5.96. The molecule has 4 rings (SSSR count). The number of ketones is 1. The van der Waals surface area contributed by atoms with Gasteiger partial charge in [-0.3, -0.25) is 14.8 Å². The summed E-state index contributed by atoms with van der Waals surface area (Å²) in [5.74, 6) is 0.929. The minimum atomic E-state index is -0.480. The first-order valence-electron chi connectivity index (χ1n) is 10.2. The zero-order valence-corrected chi connectivity index (χ0v) is 15.8. The van der Waals surface area contributed by atoms with Crippen LogP contribution < -0.4 is 5.48 Å². The van der Waals surface area contributed by atoms with Crippen LogP contribution in [0.15, 0.2) is 11.6 Å². The zero-order chi connectivity index (χ0) is 18.7. The highest BCUT2D eigenvalue weighted by atomic mass is 16.5. The molecule has 3 N–H and O–H groups in total. The first-order valence-corrected chi connectivity index (χ1v) is 10.2. The maximum absolute atomic E-state index is 12.5. The van der Waals surface area contributed by atoms with Crippen LogP contribution in [0.1, 0.15) is 65.2 Å². The van der Waals surface area contributed by atoms with E-state index in [-0.39, 0.29) is 35.1 Å². The number of hydrogen-bond acceptors (Lipinski definition) is 4. The third-order valence-electron chi connectivity index (χ3n) is 8.63. The van der Waals surface area contributed by atoms with Crippen molar-refractivity contribution in [1.29, 1.82) is 0 Å². The van der Waals surface area contributed by atoms with Gasteiger partial charge in [-0.05, 0) is 79.6 Å². The number of amides is 1. The number of nitrogens with one attached hydrogen (secondary N) is 1. The molecule has 4 aliphatic rings. The third kappa shape index (κ3) is 2.50. The van der Waals surface area contributed by atoms with E-state index in [2.05, 4.69) is 13.8 Å². The van der Waals surface area contributed by atoms with E-state index in [1.165, 1.54) is 5.57 Å². The lowest BCUT2D eigenvalue weighted by Crippen LogP contribution is -2.52. The molecule has 3 saturated carbocycles. The molecule has 144 valence electrons. The van der Waals surface area contributed by atoms with Crippen molar-refractivity contribution in [3.8, 4) is 0 Å². The Labute approximate surface area is 155 Å². The van der Waals surface area contributed by atoms with Crippen LogP contribution in [0.25, 0.3) is 0 Å². The van der Waals surface area contributed by atoms with E-state index in [1.807, 2.05) is 6.08 Å². The van der Waals surface area contributed by atoms with Gasteiger partial charge in [0, 0.05) is 12.3 Å². The predicted molar refractivity (Wildman–Crippen MR) is 96.1 cm³/mol. The van der Waals surface area contributed by atoms with Crippen molar-refractivity contribution in [2.75, 3.05) is 0 Å². The van der Waals surface area contributed by atoms with E-state index in [4.69, 9.17) is 5.21 Å². The number of fused-ring (bicyclic) bond motifs is 5. The van der Waals surface area contributed by atoms with E-state index < -0.39 is 5.91 Å². The first kappa shape index (κ1) is 18.2. The fourth-order valence-corrected chi connectivity index (χ4v) is 7.16. The Morgan fingerprint density at radius 3 is 2.73 bits per heavy atom. The third-order valence-corrected chi connectivity index (χ3v) is 8.63. The summed E-state index contributed by atoms with van der Waals surface area (Å²) in [7, 11) is 0. The van der Waals surface area contributed by atoms with Crippen LogP contribution in [-0.2, 0) is 9.59 Å². The summed E-state index contributed by atoms with van der Waals surface area (Å²) in [6.07, 6.45) is 8.67. The maximum Gasteiger partial charge on any atom is 0.244 e. The summed E-state index contributed by atoms with van der Waals surface area (Å²) in [5, 5.41) is 19.4. The van der Waals surface area contributed by atoms with Gasteiger partial charge >= 0.3 is 0 Å². The van der Waals surface area contributed by atoms with E-state index in [9.17, 15) is 14.7 Å². The lowest BCUT2D eigenvalue weighted by Gasteiger charge is -2.58. The second-order valence-electron chi connectivity index (χ2n) is 9.68. The van der Waals surface area contributed by atoms with Crippen LogP contribution >= 0.6 is 0 Å². The van der Waals surface area contributed by atoms with Crippen molar-refractivity contribution in [3.05, 3.63) is 11.6 Å². The molecule has 4 aliphatic carbocycles. The molecule has 0 aromatic heterocycles.